The highest BCUT2D eigenvalue weighted by molar-refractivity contribution is 6.29. The molecule has 0 bridgehead atoms. The van der Waals surface area contributed by atoms with Crippen LogP contribution in [0.5, 0.6) is 0 Å². The van der Waals surface area contributed by atoms with Gasteiger partial charge in [0.2, 0.25) is 0 Å². The van der Waals surface area contributed by atoms with E-state index in [1.54, 1.807) is 18.3 Å². The number of aliphatic carboxylic acids is 1. The molecule has 0 saturated heterocycles. The Kier molecular flexibility index (Phi) is 4.56. The minimum absolute atomic E-state index is 0.325. The lowest BCUT2D eigenvalue weighted by atomic mass is 9.96. The molecule has 0 aliphatic rings. The second-order valence-electron chi connectivity index (χ2n) is 3.51. The standard InChI is InChI=1S/C11H14ClNO2/c1-2-3-9(11(14)15)6-8-4-5-13-10(12)7-8/h4-5,7,9H,2-3,6H2,1H3,(H,14,15). The van der Waals surface area contributed by atoms with E-state index in [9.17, 15) is 4.79 Å². The van der Waals surface area contributed by atoms with Crippen LogP contribution < -0.4 is 0 Å². The quantitative estimate of drug-likeness (QED) is 0.787. The molecular weight excluding hydrogens is 214 g/mol. The lowest BCUT2D eigenvalue weighted by Crippen LogP contribution is -2.16. The molecule has 0 aliphatic carbocycles. The van der Waals surface area contributed by atoms with Gasteiger partial charge in [0.1, 0.15) is 5.15 Å². The van der Waals surface area contributed by atoms with Gasteiger partial charge >= 0.3 is 5.97 Å². The summed E-state index contributed by atoms with van der Waals surface area (Å²) in [6, 6.07) is 3.52. The van der Waals surface area contributed by atoms with E-state index >= 15 is 0 Å². The topological polar surface area (TPSA) is 50.2 Å². The van der Waals surface area contributed by atoms with E-state index in [4.69, 9.17) is 16.7 Å². The zero-order valence-corrected chi connectivity index (χ0v) is 9.37. The van der Waals surface area contributed by atoms with Gasteiger partial charge in [-0.1, -0.05) is 24.9 Å². The molecule has 3 nitrogen and oxygen atoms in total. The van der Waals surface area contributed by atoms with Crippen molar-refractivity contribution >= 4 is 17.6 Å². The van der Waals surface area contributed by atoms with Crippen LogP contribution in [-0.4, -0.2) is 16.1 Å². The van der Waals surface area contributed by atoms with Crippen molar-refractivity contribution in [1.29, 1.82) is 0 Å². The van der Waals surface area contributed by atoms with Crippen LogP contribution in [-0.2, 0) is 11.2 Å². The Hall–Kier alpha value is -1.09. The summed E-state index contributed by atoms with van der Waals surface area (Å²) < 4.78 is 0. The van der Waals surface area contributed by atoms with Crippen molar-refractivity contribution in [3.63, 3.8) is 0 Å². The summed E-state index contributed by atoms with van der Waals surface area (Å²) in [5.41, 5.74) is 0.927. The van der Waals surface area contributed by atoms with Gasteiger partial charge in [0.25, 0.3) is 0 Å². The number of rotatable bonds is 5. The highest BCUT2D eigenvalue weighted by Crippen LogP contribution is 2.16. The van der Waals surface area contributed by atoms with Crippen molar-refractivity contribution in [3.8, 4) is 0 Å². The van der Waals surface area contributed by atoms with E-state index in [0.717, 1.165) is 12.0 Å². The first-order chi connectivity index (χ1) is 7.13. The zero-order chi connectivity index (χ0) is 11.3. The Bertz CT molecular complexity index is 341. The Morgan fingerprint density at radius 2 is 2.40 bits per heavy atom. The number of nitrogens with zero attached hydrogens (tertiary/aromatic N) is 1. The molecule has 1 aromatic rings. The van der Waals surface area contributed by atoms with E-state index in [1.165, 1.54) is 0 Å². The molecule has 0 amide bonds. The molecule has 0 aromatic carbocycles. The molecule has 1 atom stereocenters. The number of pyridine rings is 1. The van der Waals surface area contributed by atoms with Crippen LogP contribution in [0.25, 0.3) is 0 Å². The van der Waals surface area contributed by atoms with Crippen molar-refractivity contribution < 1.29 is 9.90 Å². The zero-order valence-electron chi connectivity index (χ0n) is 8.61. The molecule has 0 radical (unpaired) electrons. The number of carboxylic acid groups (broad SMARTS) is 1. The third kappa shape index (κ3) is 3.88. The summed E-state index contributed by atoms with van der Waals surface area (Å²) in [7, 11) is 0. The second kappa shape index (κ2) is 5.71. The molecule has 0 fully saturated rings. The van der Waals surface area contributed by atoms with Crippen LogP contribution in [0.1, 0.15) is 25.3 Å². The fourth-order valence-corrected chi connectivity index (χ4v) is 1.71. The molecule has 1 N–H and O–H groups in total. The van der Waals surface area contributed by atoms with E-state index in [2.05, 4.69) is 4.98 Å². The van der Waals surface area contributed by atoms with Crippen LogP contribution >= 0.6 is 11.6 Å². The van der Waals surface area contributed by atoms with Crippen LogP contribution in [0.15, 0.2) is 18.3 Å². The largest absolute Gasteiger partial charge is 0.481 e. The molecule has 4 heteroatoms. The lowest BCUT2D eigenvalue weighted by molar-refractivity contribution is -0.141. The minimum atomic E-state index is -0.746. The number of carboxylic acids is 1. The maximum absolute atomic E-state index is 10.9. The summed E-state index contributed by atoms with van der Waals surface area (Å²) in [4.78, 5) is 14.8. The second-order valence-corrected chi connectivity index (χ2v) is 3.90. The fourth-order valence-electron chi connectivity index (χ4n) is 1.52. The van der Waals surface area contributed by atoms with Crippen molar-refractivity contribution in [3.05, 3.63) is 29.0 Å². The summed E-state index contributed by atoms with van der Waals surface area (Å²) >= 11 is 5.73. The molecule has 1 rings (SSSR count). The molecule has 0 aliphatic heterocycles. The van der Waals surface area contributed by atoms with Gasteiger partial charge in [-0.25, -0.2) is 4.98 Å². The van der Waals surface area contributed by atoms with Crippen LogP contribution in [0.3, 0.4) is 0 Å². The Balaban J connectivity index is 2.69. The van der Waals surface area contributed by atoms with Gasteiger partial charge in [0.05, 0.1) is 5.92 Å². The first-order valence-electron chi connectivity index (χ1n) is 4.96. The van der Waals surface area contributed by atoms with E-state index < -0.39 is 5.97 Å². The van der Waals surface area contributed by atoms with Crippen molar-refractivity contribution in [2.75, 3.05) is 0 Å². The van der Waals surface area contributed by atoms with E-state index in [-0.39, 0.29) is 5.92 Å². The smallest absolute Gasteiger partial charge is 0.306 e. The first-order valence-corrected chi connectivity index (χ1v) is 5.34. The van der Waals surface area contributed by atoms with Gasteiger partial charge in [0, 0.05) is 6.20 Å². The van der Waals surface area contributed by atoms with Gasteiger partial charge in [-0.15, -0.1) is 0 Å². The average molecular weight is 228 g/mol. The molecule has 82 valence electrons. The molecule has 0 saturated carbocycles. The average Bonchev–Trinajstić information content (AvgIpc) is 2.17. The Morgan fingerprint density at radius 3 is 2.93 bits per heavy atom. The van der Waals surface area contributed by atoms with Crippen LogP contribution in [0.4, 0.5) is 0 Å². The molecule has 1 heterocycles. The maximum atomic E-state index is 10.9. The van der Waals surface area contributed by atoms with Crippen molar-refractivity contribution in [2.45, 2.75) is 26.2 Å². The van der Waals surface area contributed by atoms with Gasteiger partial charge in [-0.2, -0.15) is 0 Å². The SMILES string of the molecule is CCCC(Cc1ccnc(Cl)c1)C(=O)O. The molecular formula is C11H14ClNO2. The predicted octanol–water partition coefficient (Wildman–Crippen LogP) is 2.78. The first kappa shape index (κ1) is 12.0. The highest BCUT2D eigenvalue weighted by Gasteiger charge is 2.16. The predicted molar refractivity (Wildman–Crippen MR) is 59.0 cm³/mol. The van der Waals surface area contributed by atoms with E-state index in [0.29, 0.717) is 18.0 Å². The summed E-state index contributed by atoms with van der Waals surface area (Å²) in [6.45, 7) is 1.98. The molecule has 15 heavy (non-hydrogen) atoms. The van der Waals surface area contributed by atoms with Gasteiger partial charge in [-0.05, 0) is 30.5 Å². The van der Waals surface area contributed by atoms with Crippen LogP contribution in [0, 0.1) is 5.92 Å². The Morgan fingerprint density at radius 1 is 1.67 bits per heavy atom. The lowest BCUT2D eigenvalue weighted by Gasteiger charge is -2.10. The number of carbonyl (C=O) groups is 1. The van der Waals surface area contributed by atoms with Gasteiger partial charge < -0.3 is 5.11 Å². The monoisotopic (exact) mass is 227 g/mol. The fraction of sp³-hybridized carbons (Fsp3) is 0.455. The summed E-state index contributed by atoms with van der Waals surface area (Å²) in [5.74, 6) is -1.07. The van der Waals surface area contributed by atoms with Gasteiger partial charge in [-0.3, -0.25) is 4.79 Å². The van der Waals surface area contributed by atoms with E-state index in [1.807, 2.05) is 6.92 Å². The van der Waals surface area contributed by atoms with Crippen molar-refractivity contribution in [2.24, 2.45) is 5.92 Å². The number of hydrogen-bond acceptors (Lipinski definition) is 2. The Labute approximate surface area is 94.1 Å². The van der Waals surface area contributed by atoms with Crippen LogP contribution in [0.2, 0.25) is 5.15 Å². The molecule has 1 aromatic heterocycles. The van der Waals surface area contributed by atoms with Gasteiger partial charge in [0.15, 0.2) is 0 Å². The molecule has 1 unspecified atom stereocenters. The number of aromatic nitrogens is 1. The highest BCUT2D eigenvalue weighted by atomic mass is 35.5. The van der Waals surface area contributed by atoms with Crippen molar-refractivity contribution in [1.82, 2.24) is 4.98 Å². The minimum Gasteiger partial charge on any atom is -0.481 e. The third-order valence-corrected chi connectivity index (χ3v) is 2.47. The number of hydrogen-bond donors (Lipinski definition) is 1. The molecule has 0 spiro atoms. The summed E-state index contributed by atoms with van der Waals surface area (Å²) in [6.07, 6.45) is 3.68. The number of halogens is 1. The third-order valence-electron chi connectivity index (χ3n) is 2.26. The summed E-state index contributed by atoms with van der Waals surface area (Å²) in [5, 5.41) is 9.40. The maximum Gasteiger partial charge on any atom is 0.306 e. The normalized spacial score (nSPS) is 12.4.